The van der Waals surface area contributed by atoms with Crippen LogP contribution in [0.5, 0.6) is 0 Å². The average Bonchev–Trinajstić information content (AvgIpc) is 3.20. The van der Waals surface area contributed by atoms with Gasteiger partial charge < -0.3 is 24.3 Å². The van der Waals surface area contributed by atoms with Crippen LogP contribution in [-0.2, 0) is 15.2 Å². The number of hydrogen-bond donors (Lipinski definition) is 1. The maximum absolute atomic E-state index is 14.7. The Labute approximate surface area is 184 Å². The number of hydrogen-bond acceptors (Lipinski definition) is 7. The lowest BCUT2D eigenvalue weighted by atomic mass is 10.1. The van der Waals surface area contributed by atoms with Crippen LogP contribution in [0.3, 0.4) is 0 Å². The van der Waals surface area contributed by atoms with Gasteiger partial charge in [0.05, 0.1) is 48.8 Å². The van der Waals surface area contributed by atoms with E-state index < -0.39 is 0 Å². The molecule has 0 amide bonds. The van der Waals surface area contributed by atoms with E-state index in [0.29, 0.717) is 43.3 Å². The average molecular weight is 444 g/mol. The van der Waals surface area contributed by atoms with Crippen LogP contribution in [-0.4, -0.2) is 67.6 Å². The number of aromatic amines is 1. The monoisotopic (exact) mass is 443 g/mol. The fourth-order valence-corrected chi connectivity index (χ4v) is 5.02. The summed E-state index contributed by atoms with van der Waals surface area (Å²) < 4.78 is 25.5. The van der Waals surface area contributed by atoms with Gasteiger partial charge in [-0.25, -0.2) is 9.37 Å². The van der Waals surface area contributed by atoms with Crippen LogP contribution in [0.2, 0.25) is 0 Å². The van der Waals surface area contributed by atoms with Gasteiger partial charge in [-0.15, -0.1) is 0 Å². The highest BCUT2D eigenvalue weighted by Crippen LogP contribution is 2.30. The predicted octanol–water partition coefficient (Wildman–Crippen LogP) is 3.37. The van der Waals surface area contributed by atoms with E-state index >= 15 is 0 Å². The highest BCUT2D eigenvalue weighted by molar-refractivity contribution is 7.98. The number of thioether (sulfide) groups is 1. The summed E-state index contributed by atoms with van der Waals surface area (Å²) in [6.45, 7) is 8.07. The van der Waals surface area contributed by atoms with Crippen LogP contribution < -0.4 is 9.80 Å². The molecule has 2 aliphatic heterocycles. The first-order valence-electron chi connectivity index (χ1n) is 10.6. The molecule has 2 saturated heterocycles. The molecular formula is C22H26FN5O2S. The summed E-state index contributed by atoms with van der Waals surface area (Å²) in [6.07, 6.45) is 1.87. The number of pyridine rings is 1. The van der Waals surface area contributed by atoms with Gasteiger partial charge >= 0.3 is 0 Å². The number of morpholine rings is 2. The number of nitrogens with one attached hydrogen (secondary N) is 1. The number of imidazole rings is 1. The molecule has 9 heteroatoms. The van der Waals surface area contributed by atoms with E-state index in [9.17, 15) is 4.39 Å². The Kier molecular flexibility index (Phi) is 5.97. The summed E-state index contributed by atoms with van der Waals surface area (Å²) in [6, 6.07) is 5.45. The van der Waals surface area contributed by atoms with Gasteiger partial charge in [-0.05, 0) is 24.6 Å². The first-order chi connectivity index (χ1) is 15.2. The van der Waals surface area contributed by atoms with Crippen LogP contribution in [0, 0.1) is 12.7 Å². The molecule has 0 aliphatic carbocycles. The molecule has 0 unspecified atom stereocenters. The highest BCUT2D eigenvalue weighted by atomic mass is 32.2. The molecule has 0 saturated carbocycles. The number of anilines is 2. The second-order valence-corrected chi connectivity index (χ2v) is 8.72. The Morgan fingerprint density at radius 1 is 1.03 bits per heavy atom. The van der Waals surface area contributed by atoms with Crippen LogP contribution in [0.25, 0.3) is 11.0 Å². The lowest BCUT2D eigenvalue weighted by molar-refractivity contribution is 0.122. The molecule has 1 aromatic carbocycles. The molecule has 2 aromatic heterocycles. The minimum Gasteiger partial charge on any atom is -0.378 e. The molecule has 2 aliphatic rings. The predicted molar refractivity (Wildman–Crippen MR) is 121 cm³/mol. The van der Waals surface area contributed by atoms with Crippen LogP contribution in [0.15, 0.2) is 29.6 Å². The van der Waals surface area contributed by atoms with E-state index in [4.69, 9.17) is 14.5 Å². The van der Waals surface area contributed by atoms with Crippen molar-refractivity contribution in [3.8, 4) is 0 Å². The number of fused-ring (bicyclic) bond motifs is 1. The summed E-state index contributed by atoms with van der Waals surface area (Å²) in [7, 11) is 0. The van der Waals surface area contributed by atoms with Gasteiger partial charge in [0.1, 0.15) is 5.82 Å². The standard InChI is InChI=1S/C22H26FN5O2S/c1-15-19(24-3-2-20(15)27-4-8-29-9-5-27)14-31-22-25-17-12-16(23)21(13-18(17)26-22)28-6-10-30-11-7-28/h2-3,12-13H,4-11,14H2,1H3,(H,25,26). The Bertz CT molecular complexity index is 1060. The maximum Gasteiger partial charge on any atom is 0.166 e. The topological polar surface area (TPSA) is 66.5 Å². The van der Waals surface area contributed by atoms with E-state index in [0.717, 1.165) is 42.7 Å². The van der Waals surface area contributed by atoms with Crippen molar-refractivity contribution in [3.63, 3.8) is 0 Å². The number of benzene rings is 1. The quantitative estimate of drug-likeness (QED) is 0.607. The molecule has 0 spiro atoms. The summed E-state index contributed by atoms with van der Waals surface area (Å²) in [4.78, 5) is 16.9. The number of ether oxygens (including phenoxy) is 2. The van der Waals surface area contributed by atoms with Crippen LogP contribution >= 0.6 is 11.8 Å². The molecule has 0 radical (unpaired) electrons. The second-order valence-electron chi connectivity index (χ2n) is 7.75. The van der Waals surface area contributed by atoms with Crippen molar-refractivity contribution in [2.45, 2.75) is 17.8 Å². The number of H-pyrrole nitrogens is 1. The zero-order valence-corrected chi connectivity index (χ0v) is 18.4. The smallest absolute Gasteiger partial charge is 0.166 e. The van der Waals surface area contributed by atoms with E-state index in [1.54, 1.807) is 17.8 Å². The minimum atomic E-state index is -0.231. The maximum atomic E-state index is 14.7. The number of halogens is 1. The third-order valence-electron chi connectivity index (χ3n) is 5.86. The number of nitrogens with zero attached hydrogens (tertiary/aromatic N) is 4. The minimum absolute atomic E-state index is 0.231. The Morgan fingerprint density at radius 3 is 2.42 bits per heavy atom. The number of rotatable bonds is 5. The van der Waals surface area contributed by atoms with Crippen molar-refractivity contribution >= 4 is 34.2 Å². The lowest BCUT2D eigenvalue weighted by Crippen LogP contribution is -2.36. The lowest BCUT2D eigenvalue weighted by Gasteiger charge is -2.30. The molecule has 2 fully saturated rings. The van der Waals surface area contributed by atoms with Gasteiger partial charge in [-0.1, -0.05) is 11.8 Å². The van der Waals surface area contributed by atoms with Crippen molar-refractivity contribution in [2.75, 3.05) is 62.4 Å². The van der Waals surface area contributed by atoms with E-state index in [1.165, 1.54) is 11.3 Å². The fourth-order valence-electron chi connectivity index (χ4n) is 4.11. The number of aromatic nitrogens is 3. The van der Waals surface area contributed by atoms with Gasteiger partial charge in [0, 0.05) is 49.9 Å². The first kappa shape index (κ1) is 20.5. The molecule has 5 rings (SSSR count). The third kappa shape index (κ3) is 4.35. The molecule has 164 valence electrons. The van der Waals surface area contributed by atoms with Crippen molar-refractivity contribution in [1.82, 2.24) is 15.0 Å². The van der Waals surface area contributed by atoms with E-state index in [2.05, 4.69) is 27.9 Å². The van der Waals surface area contributed by atoms with Gasteiger partial charge in [0.25, 0.3) is 0 Å². The van der Waals surface area contributed by atoms with Gasteiger partial charge in [0.2, 0.25) is 0 Å². The summed E-state index contributed by atoms with van der Waals surface area (Å²) >= 11 is 1.59. The van der Waals surface area contributed by atoms with Crippen molar-refractivity contribution < 1.29 is 13.9 Å². The molecule has 7 nitrogen and oxygen atoms in total. The molecular weight excluding hydrogens is 417 g/mol. The molecule has 1 N–H and O–H groups in total. The fraction of sp³-hybridized carbons (Fsp3) is 0.455. The first-order valence-corrected chi connectivity index (χ1v) is 11.6. The Morgan fingerprint density at radius 2 is 1.71 bits per heavy atom. The van der Waals surface area contributed by atoms with Crippen LogP contribution in [0.4, 0.5) is 15.8 Å². The second kappa shape index (κ2) is 9.02. The molecule has 3 aromatic rings. The Hall–Kier alpha value is -2.36. The molecule has 4 heterocycles. The van der Waals surface area contributed by atoms with Gasteiger partial charge in [-0.2, -0.15) is 0 Å². The zero-order valence-electron chi connectivity index (χ0n) is 17.6. The van der Waals surface area contributed by atoms with Crippen molar-refractivity contribution in [2.24, 2.45) is 0 Å². The normalized spacial score (nSPS) is 17.5. The third-order valence-corrected chi connectivity index (χ3v) is 6.74. The van der Waals surface area contributed by atoms with Gasteiger partial charge in [-0.3, -0.25) is 4.98 Å². The van der Waals surface area contributed by atoms with Crippen LogP contribution in [0.1, 0.15) is 11.3 Å². The highest BCUT2D eigenvalue weighted by Gasteiger charge is 2.18. The SMILES string of the molecule is Cc1c(N2CCOCC2)ccnc1CSc1nc2cc(N3CCOCC3)c(F)cc2[nH]1. The summed E-state index contributed by atoms with van der Waals surface area (Å²) in [5, 5.41) is 0.770. The van der Waals surface area contributed by atoms with Crippen molar-refractivity contribution in [1.29, 1.82) is 0 Å². The van der Waals surface area contributed by atoms with E-state index in [1.807, 2.05) is 17.2 Å². The van der Waals surface area contributed by atoms with E-state index in [-0.39, 0.29) is 5.82 Å². The van der Waals surface area contributed by atoms with Crippen molar-refractivity contribution in [3.05, 3.63) is 41.5 Å². The molecule has 0 atom stereocenters. The van der Waals surface area contributed by atoms with Gasteiger partial charge in [0.15, 0.2) is 5.16 Å². The largest absolute Gasteiger partial charge is 0.378 e. The zero-order chi connectivity index (χ0) is 21.2. The summed E-state index contributed by atoms with van der Waals surface area (Å²) in [5.74, 6) is 0.466. The summed E-state index contributed by atoms with van der Waals surface area (Å²) in [5.41, 5.74) is 5.52. The molecule has 0 bridgehead atoms. The molecule has 31 heavy (non-hydrogen) atoms. The Balaban J connectivity index is 1.33.